The Labute approximate surface area is 120 Å². The van der Waals surface area contributed by atoms with Crippen molar-refractivity contribution in [1.29, 1.82) is 0 Å². The third-order valence-electron chi connectivity index (χ3n) is 3.72. The molecule has 0 atom stereocenters. The lowest BCUT2D eigenvalue weighted by Gasteiger charge is -2.37. The highest BCUT2D eigenvalue weighted by Gasteiger charge is 2.27. The van der Waals surface area contributed by atoms with E-state index < -0.39 is 5.97 Å². The number of carbonyl (C=O) groups is 2. The van der Waals surface area contributed by atoms with Crippen molar-refractivity contribution in [3.8, 4) is 0 Å². The molecule has 116 valence electrons. The Kier molecular flexibility index (Phi) is 6.78. The van der Waals surface area contributed by atoms with E-state index in [9.17, 15) is 9.59 Å². The SMILES string of the molecule is COCC1CCN(C(=O)N(CCC(=O)O)C(C)C)CC1. The molecule has 0 bridgehead atoms. The molecule has 1 aliphatic heterocycles. The zero-order chi connectivity index (χ0) is 15.1. The van der Waals surface area contributed by atoms with Crippen molar-refractivity contribution in [3.63, 3.8) is 0 Å². The summed E-state index contributed by atoms with van der Waals surface area (Å²) in [6.45, 7) is 6.29. The average Bonchev–Trinajstić information content (AvgIpc) is 2.39. The molecule has 0 aliphatic carbocycles. The number of methoxy groups -OCH3 is 1. The van der Waals surface area contributed by atoms with E-state index in [1.807, 2.05) is 18.7 Å². The summed E-state index contributed by atoms with van der Waals surface area (Å²) < 4.78 is 5.15. The fourth-order valence-electron chi connectivity index (χ4n) is 2.50. The molecule has 0 unspecified atom stereocenters. The van der Waals surface area contributed by atoms with Gasteiger partial charge in [0.25, 0.3) is 0 Å². The van der Waals surface area contributed by atoms with Gasteiger partial charge in [-0.05, 0) is 32.6 Å². The monoisotopic (exact) mass is 286 g/mol. The Morgan fingerprint density at radius 2 is 1.95 bits per heavy atom. The Morgan fingerprint density at radius 3 is 2.40 bits per heavy atom. The summed E-state index contributed by atoms with van der Waals surface area (Å²) in [6, 6.07) is -0.0318. The summed E-state index contributed by atoms with van der Waals surface area (Å²) in [5, 5.41) is 8.76. The first kappa shape index (κ1) is 16.8. The largest absolute Gasteiger partial charge is 0.481 e. The second-order valence-corrected chi connectivity index (χ2v) is 5.60. The van der Waals surface area contributed by atoms with Crippen molar-refractivity contribution < 1.29 is 19.4 Å². The van der Waals surface area contributed by atoms with Gasteiger partial charge in [0.05, 0.1) is 6.42 Å². The number of urea groups is 1. The van der Waals surface area contributed by atoms with Gasteiger partial charge in [0, 0.05) is 39.4 Å². The summed E-state index contributed by atoms with van der Waals surface area (Å²) in [7, 11) is 1.70. The van der Waals surface area contributed by atoms with E-state index in [2.05, 4.69) is 0 Å². The molecule has 1 saturated heterocycles. The summed E-state index contributed by atoms with van der Waals surface area (Å²) in [4.78, 5) is 26.6. The Balaban J connectivity index is 2.51. The fourth-order valence-corrected chi connectivity index (χ4v) is 2.50. The highest BCUT2D eigenvalue weighted by molar-refractivity contribution is 5.76. The van der Waals surface area contributed by atoms with Gasteiger partial charge in [0.15, 0.2) is 0 Å². The smallest absolute Gasteiger partial charge is 0.320 e. The van der Waals surface area contributed by atoms with Crippen LogP contribution >= 0.6 is 0 Å². The first-order valence-corrected chi connectivity index (χ1v) is 7.22. The summed E-state index contributed by atoms with van der Waals surface area (Å²) in [6.07, 6.45) is 1.89. The highest BCUT2D eigenvalue weighted by Crippen LogP contribution is 2.19. The maximum atomic E-state index is 12.4. The van der Waals surface area contributed by atoms with Crippen molar-refractivity contribution in [3.05, 3.63) is 0 Å². The maximum absolute atomic E-state index is 12.4. The molecule has 0 radical (unpaired) electrons. The highest BCUT2D eigenvalue weighted by atomic mass is 16.5. The lowest BCUT2D eigenvalue weighted by molar-refractivity contribution is -0.137. The number of nitrogens with zero attached hydrogens (tertiary/aromatic N) is 2. The molecule has 0 aromatic heterocycles. The first-order chi connectivity index (χ1) is 9.45. The van der Waals surface area contributed by atoms with Crippen molar-refractivity contribution in [1.82, 2.24) is 9.80 Å². The van der Waals surface area contributed by atoms with Crippen molar-refractivity contribution in [2.24, 2.45) is 5.92 Å². The van der Waals surface area contributed by atoms with Gasteiger partial charge in [-0.1, -0.05) is 0 Å². The third kappa shape index (κ3) is 5.00. The summed E-state index contributed by atoms with van der Waals surface area (Å²) in [5.41, 5.74) is 0. The van der Waals surface area contributed by atoms with Gasteiger partial charge in [0.2, 0.25) is 0 Å². The van der Waals surface area contributed by atoms with E-state index in [-0.39, 0.29) is 25.0 Å². The van der Waals surface area contributed by atoms with Crippen LogP contribution in [0.1, 0.15) is 33.1 Å². The number of carboxylic acid groups (broad SMARTS) is 1. The molecule has 1 fully saturated rings. The van der Waals surface area contributed by atoms with Crippen LogP contribution in [0.5, 0.6) is 0 Å². The minimum absolute atomic E-state index is 0.00986. The van der Waals surface area contributed by atoms with Crippen LogP contribution in [0.3, 0.4) is 0 Å². The molecule has 0 saturated carbocycles. The topological polar surface area (TPSA) is 70.1 Å². The number of hydrogen-bond acceptors (Lipinski definition) is 3. The predicted molar refractivity (Wildman–Crippen MR) is 75.7 cm³/mol. The van der Waals surface area contributed by atoms with E-state index in [0.29, 0.717) is 5.92 Å². The van der Waals surface area contributed by atoms with Crippen LogP contribution in [0, 0.1) is 5.92 Å². The van der Waals surface area contributed by atoms with Crippen LogP contribution in [-0.4, -0.2) is 66.3 Å². The quantitative estimate of drug-likeness (QED) is 0.806. The molecule has 1 aliphatic rings. The number of carbonyl (C=O) groups excluding carboxylic acids is 1. The van der Waals surface area contributed by atoms with E-state index in [0.717, 1.165) is 32.5 Å². The summed E-state index contributed by atoms with van der Waals surface area (Å²) >= 11 is 0. The van der Waals surface area contributed by atoms with Gasteiger partial charge in [-0.15, -0.1) is 0 Å². The zero-order valence-electron chi connectivity index (χ0n) is 12.7. The van der Waals surface area contributed by atoms with Crippen LogP contribution in [-0.2, 0) is 9.53 Å². The van der Waals surface area contributed by atoms with E-state index in [1.165, 1.54) is 0 Å². The number of carboxylic acids is 1. The van der Waals surface area contributed by atoms with Gasteiger partial charge in [-0.25, -0.2) is 4.79 Å². The Morgan fingerprint density at radius 1 is 1.35 bits per heavy atom. The number of rotatable bonds is 6. The van der Waals surface area contributed by atoms with Gasteiger partial charge in [-0.3, -0.25) is 4.79 Å². The molecular formula is C14H26N2O4. The Hall–Kier alpha value is -1.30. The maximum Gasteiger partial charge on any atom is 0.320 e. The first-order valence-electron chi connectivity index (χ1n) is 7.22. The number of aliphatic carboxylic acids is 1. The van der Waals surface area contributed by atoms with Crippen molar-refractivity contribution >= 4 is 12.0 Å². The number of ether oxygens (including phenoxy) is 1. The molecule has 20 heavy (non-hydrogen) atoms. The van der Waals surface area contributed by atoms with Crippen LogP contribution in [0.2, 0.25) is 0 Å². The standard InChI is InChI=1S/C14H26N2O4/c1-11(2)16(9-6-13(17)18)14(19)15-7-4-12(5-8-15)10-20-3/h11-12H,4-10H2,1-3H3,(H,17,18). The van der Waals surface area contributed by atoms with Gasteiger partial charge in [-0.2, -0.15) is 0 Å². The van der Waals surface area contributed by atoms with Crippen LogP contribution in [0.15, 0.2) is 0 Å². The minimum Gasteiger partial charge on any atom is -0.481 e. The predicted octanol–water partition coefficient (Wildman–Crippen LogP) is 1.65. The normalized spacial score (nSPS) is 16.5. The number of hydrogen-bond donors (Lipinski definition) is 1. The van der Waals surface area contributed by atoms with Crippen LogP contribution in [0.25, 0.3) is 0 Å². The van der Waals surface area contributed by atoms with Gasteiger partial charge >= 0.3 is 12.0 Å². The number of amides is 2. The van der Waals surface area contributed by atoms with E-state index in [1.54, 1.807) is 12.0 Å². The molecular weight excluding hydrogens is 260 g/mol. The van der Waals surface area contributed by atoms with Gasteiger partial charge < -0.3 is 19.6 Å². The van der Waals surface area contributed by atoms with Crippen LogP contribution < -0.4 is 0 Å². The van der Waals surface area contributed by atoms with Crippen LogP contribution in [0.4, 0.5) is 4.79 Å². The molecule has 1 N–H and O–H groups in total. The second-order valence-electron chi connectivity index (χ2n) is 5.60. The number of piperidine rings is 1. The van der Waals surface area contributed by atoms with Crippen molar-refractivity contribution in [2.45, 2.75) is 39.2 Å². The van der Waals surface area contributed by atoms with E-state index in [4.69, 9.17) is 9.84 Å². The average molecular weight is 286 g/mol. The molecule has 0 aromatic carbocycles. The minimum atomic E-state index is -0.873. The molecule has 6 heteroatoms. The molecule has 0 spiro atoms. The van der Waals surface area contributed by atoms with Crippen molar-refractivity contribution in [2.75, 3.05) is 33.4 Å². The molecule has 1 heterocycles. The summed E-state index contributed by atoms with van der Waals surface area (Å²) in [5.74, 6) is -0.349. The molecule has 2 amide bonds. The Bertz CT molecular complexity index is 325. The third-order valence-corrected chi connectivity index (χ3v) is 3.72. The number of likely N-dealkylation sites (tertiary alicyclic amines) is 1. The fraction of sp³-hybridized carbons (Fsp3) is 0.857. The lowest BCUT2D eigenvalue weighted by Crippen LogP contribution is -2.50. The molecule has 1 rings (SSSR count). The lowest BCUT2D eigenvalue weighted by atomic mass is 9.98. The molecule has 6 nitrogen and oxygen atoms in total. The van der Waals surface area contributed by atoms with E-state index >= 15 is 0 Å². The van der Waals surface area contributed by atoms with Gasteiger partial charge in [0.1, 0.15) is 0 Å². The zero-order valence-corrected chi connectivity index (χ0v) is 12.7. The molecule has 0 aromatic rings. The second kappa shape index (κ2) is 8.09.